The summed E-state index contributed by atoms with van der Waals surface area (Å²) in [6.45, 7) is 6.24. The van der Waals surface area contributed by atoms with Crippen LogP contribution in [-0.4, -0.2) is 37.1 Å². The van der Waals surface area contributed by atoms with E-state index in [9.17, 15) is 18.0 Å². The fourth-order valence-corrected chi connectivity index (χ4v) is 5.39. The van der Waals surface area contributed by atoms with Crippen LogP contribution in [0.25, 0.3) is 0 Å². The summed E-state index contributed by atoms with van der Waals surface area (Å²) in [5.41, 5.74) is 5.17. The fourth-order valence-electron chi connectivity index (χ4n) is 4.90. The van der Waals surface area contributed by atoms with Gasteiger partial charge in [0.2, 0.25) is 5.91 Å². The van der Waals surface area contributed by atoms with Crippen molar-refractivity contribution < 1.29 is 22.6 Å². The van der Waals surface area contributed by atoms with E-state index in [0.29, 0.717) is 17.0 Å². The monoisotopic (exact) mass is 620 g/mol. The molecule has 7 nitrogen and oxygen atoms in total. The molecule has 0 saturated carbocycles. The highest BCUT2D eigenvalue weighted by Crippen LogP contribution is 2.29. The maximum Gasteiger partial charge on any atom is 0.266 e. The minimum absolute atomic E-state index is 0.0214. The molecule has 1 aliphatic carbocycles. The van der Waals surface area contributed by atoms with Crippen molar-refractivity contribution in [2.45, 2.75) is 50.9 Å². The molecule has 0 aromatic heterocycles. The van der Waals surface area contributed by atoms with Gasteiger partial charge < -0.3 is 10.6 Å². The van der Waals surface area contributed by atoms with Crippen molar-refractivity contribution in [3.05, 3.63) is 130 Å². The lowest BCUT2D eigenvalue weighted by Crippen LogP contribution is -2.30. The van der Waals surface area contributed by atoms with E-state index in [-0.39, 0.29) is 23.8 Å². The number of hydrogen-bond acceptors (Lipinski definition) is 4. The molecule has 4 rings (SSSR count). The average molecular weight is 621 g/mol. The summed E-state index contributed by atoms with van der Waals surface area (Å²) in [4.78, 5) is 26.1. The molecule has 2 unspecified atom stereocenters. The van der Waals surface area contributed by atoms with Gasteiger partial charge in [0.1, 0.15) is 0 Å². The second-order valence-corrected chi connectivity index (χ2v) is 13.8. The summed E-state index contributed by atoms with van der Waals surface area (Å²) in [6.07, 6.45) is 7.23. The van der Waals surface area contributed by atoms with Crippen LogP contribution in [0.15, 0.2) is 96.7 Å². The third kappa shape index (κ3) is 9.38. The Morgan fingerprint density at radius 2 is 1.63 bits per heavy atom. The highest BCUT2D eigenvalue weighted by molar-refractivity contribution is 7.85. The first-order valence-electron chi connectivity index (χ1n) is 14.2. The van der Waals surface area contributed by atoms with E-state index in [1.54, 1.807) is 24.3 Å². The summed E-state index contributed by atoms with van der Waals surface area (Å²) >= 11 is 6.03. The number of carbonyl (C=O) groups excluding carboxylic acids is 2. The zero-order valence-corrected chi connectivity index (χ0v) is 26.1. The number of nitrogens with one attached hydrogen (secondary N) is 2. The molecule has 0 heterocycles. The van der Waals surface area contributed by atoms with Gasteiger partial charge in [-0.25, -0.2) is 0 Å². The van der Waals surface area contributed by atoms with Crippen molar-refractivity contribution in [1.29, 1.82) is 0 Å². The highest BCUT2D eigenvalue weighted by Gasteiger charge is 2.24. The van der Waals surface area contributed by atoms with Crippen LogP contribution in [0, 0.1) is 0 Å². The quantitative estimate of drug-likeness (QED) is 0.230. The molecule has 226 valence electrons. The predicted molar refractivity (Wildman–Crippen MR) is 171 cm³/mol. The molecule has 3 aromatic rings. The van der Waals surface area contributed by atoms with Crippen molar-refractivity contribution in [1.82, 2.24) is 10.6 Å². The lowest BCUT2D eigenvalue weighted by atomic mass is 9.84. The van der Waals surface area contributed by atoms with Crippen molar-refractivity contribution in [3.63, 3.8) is 0 Å². The van der Waals surface area contributed by atoms with E-state index in [2.05, 4.69) is 49.6 Å². The Kier molecular flexibility index (Phi) is 10.3. The molecule has 0 aliphatic heterocycles. The van der Waals surface area contributed by atoms with Gasteiger partial charge in [0.05, 0.1) is 11.7 Å². The van der Waals surface area contributed by atoms with Gasteiger partial charge in [-0.15, -0.1) is 0 Å². The molecule has 0 radical (unpaired) electrons. The SMILES string of the molecule is CC(C)(C)c1ccc(C(Cc2ccc(C(=O)NCCS(=O)(=O)O)cc2)C(=O)NC2=CCC(c3ccc(Cl)cc3)C=C2)cc1. The first kappa shape index (κ1) is 32.2. The van der Waals surface area contributed by atoms with Gasteiger partial charge in [0.15, 0.2) is 0 Å². The molecule has 2 amide bonds. The van der Waals surface area contributed by atoms with Gasteiger partial charge in [-0.2, -0.15) is 8.42 Å². The lowest BCUT2D eigenvalue weighted by Gasteiger charge is -2.23. The number of carbonyl (C=O) groups is 2. The Hall–Kier alpha value is -3.72. The molecule has 2 atom stereocenters. The van der Waals surface area contributed by atoms with Crippen molar-refractivity contribution >= 4 is 33.5 Å². The van der Waals surface area contributed by atoms with E-state index in [0.717, 1.165) is 28.8 Å². The molecule has 1 aliphatic rings. The van der Waals surface area contributed by atoms with E-state index >= 15 is 0 Å². The Balaban J connectivity index is 1.48. The van der Waals surface area contributed by atoms with Gasteiger partial charge >= 0.3 is 0 Å². The Labute approximate surface area is 258 Å². The lowest BCUT2D eigenvalue weighted by molar-refractivity contribution is -0.121. The zero-order chi connectivity index (χ0) is 31.2. The van der Waals surface area contributed by atoms with Crippen LogP contribution in [0.2, 0.25) is 5.02 Å². The molecular formula is C34H37ClN2O5S. The van der Waals surface area contributed by atoms with Gasteiger partial charge in [-0.1, -0.05) is 93.1 Å². The average Bonchev–Trinajstić information content (AvgIpc) is 2.96. The van der Waals surface area contributed by atoms with Gasteiger partial charge in [0, 0.05) is 28.7 Å². The third-order valence-corrected chi connectivity index (χ3v) is 8.43. The minimum Gasteiger partial charge on any atom is -0.351 e. The van der Waals surface area contributed by atoms with Crippen LogP contribution < -0.4 is 10.6 Å². The van der Waals surface area contributed by atoms with Crippen LogP contribution in [0.3, 0.4) is 0 Å². The normalized spacial score (nSPS) is 15.8. The van der Waals surface area contributed by atoms with Crippen LogP contribution >= 0.6 is 11.6 Å². The third-order valence-electron chi connectivity index (χ3n) is 7.46. The topological polar surface area (TPSA) is 113 Å². The van der Waals surface area contributed by atoms with Crippen molar-refractivity contribution in [3.8, 4) is 0 Å². The number of amides is 2. The van der Waals surface area contributed by atoms with E-state index in [1.807, 2.05) is 48.6 Å². The van der Waals surface area contributed by atoms with Gasteiger partial charge in [0.25, 0.3) is 16.0 Å². The molecule has 9 heteroatoms. The molecule has 0 saturated heterocycles. The number of rotatable bonds is 10. The molecule has 3 aromatic carbocycles. The highest BCUT2D eigenvalue weighted by atomic mass is 35.5. The smallest absolute Gasteiger partial charge is 0.266 e. The zero-order valence-electron chi connectivity index (χ0n) is 24.5. The Bertz CT molecular complexity index is 1610. The second-order valence-electron chi connectivity index (χ2n) is 11.8. The second kappa shape index (κ2) is 13.7. The number of benzene rings is 3. The Morgan fingerprint density at radius 1 is 0.977 bits per heavy atom. The molecule has 0 spiro atoms. The maximum atomic E-state index is 13.7. The summed E-state index contributed by atoms with van der Waals surface area (Å²) < 4.78 is 30.7. The first-order chi connectivity index (χ1) is 20.3. The van der Waals surface area contributed by atoms with Crippen molar-refractivity contribution in [2.75, 3.05) is 12.3 Å². The Morgan fingerprint density at radius 3 is 2.19 bits per heavy atom. The molecule has 0 fully saturated rings. The molecule has 3 N–H and O–H groups in total. The summed E-state index contributed by atoms with van der Waals surface area (Å²) in [7, 11) is -4.16. The fraction of sp³-hybridized carbons (Fsp3) is 0.294. The molecular weight excluding hydrogens is 584 g/mol. The van der Waals surface area contributed by atoms with Gasteiger partial charge in [-0.3, -0.25) is 14.1 Å². The van der Waals surface area contributed by atoms with E-state index in [1.165, 1.54) is 5.56 Å². The summed E-state index contributed by atoms with van der Waals surface area (Å²) in [5, 5.41) is 6.28. The maximum absolute atomic E-state index is 13.7. The molecule has 0 bridgehead atoms. The first-order valence-corrected chi connectivity index (χ1v) is 16.1. The molecule has 43 heavy (non-hydrogen) atoms. The van der Waals surface area contributed by atoms with Gasteiger partial charge in [-0.05, 0) is 70.9 Å². The van der Waals surface area contributed by atoms with E-state index < -0.39 is 27.7 Å². The van der Waals surface area contributed by atoms with Crippen LogP contribution in [0.1, 0.15) is 71.6 Å². The standard InChI is InChI=1S/C34H37ClN2O5S/c1-34(2,3)28-14-8-26(9-15-28)31(22-23-4-6-27(7-5-23)32(38)36-20-21-43(40,41)42)33(39)37-30-18-12-25(13-19-30)24-10-16-29(35)17-11-24/h4-12,14-19,25,31H,13,20-22H2,1-3H3,(H,36,38)(H,37,39)(H,40,41,42). The van der Waals surface area contributed by atoms with Crippen LogP contribution in [0.5, 0.6) is 0 Å². The number of hydrogen-bond donors (Lipinski definition) is 3. The van der Waals surface area contributed by atoms with Crippen LogP contribution in [0.4, 0.5) is 0 Å². The van der Waals surface area contributed by atoms with E-state index in [4.69, 9.17) is 16.2 Å². The number of allylic oxidation sites excluding steroid dienone is 3. The summed E-state index contributed by atoms with van der Waals surface area (Å²) in [5.74, 6) is -1.41. The number of halogens is 1. The van der Waals surface area contributed by atoms with Crippen molar-refractivity contribution in [2.24, 2.45) is 0 Å². The predicted octanol–water partition coefficient (Wildman–Crippen LogP) is 6.33. The van der Waals surface area contributed by atoms with Crippen LogP contribution in [-0.2, 0) is 26.7 Å². The minimum atomic E-state index is -4.16. The summed E-state index contributed by atoms with van der Waals surface area (Å²) in [6, 6.07) is 22.8. The largest absolute Gasteiger partial charge is 0.351 e.